The summed E-state index contributed by atoms with van der Waals surface area (Å²) < 4.78 is 38.0. The van der Waals surface area contributed by atoms with E-state index in [1.54, 1.807) is 6.07 Å². The predicted molar refractivity (Wildman–Crippen MR) is 71.1 cm³/mol. The third kappa shape index (κ3) is 3.64. The molecule has 1 aliphatic rings. The molecule has 0 aliphatic heterocycles. The first-order chi connectivity index (χ1) is 9.00. The molecule has 1 saturated carbocycles. The molecular formula is C15H20F3N. The van der Waals surface area contributed by atoms with Crippen molar-refractivity contribution in [3.8, 4) is 0 Å². The lowest BCUT2D eigenvalue weighted by molar-refractivity contribution is -0.137. The van der Waals surface area contributed by atoms with Crippen molar-refractivity contribution in [1.29, 1.82) is 0 Å². The van der Waals surface area contributed by atoms with Gasteiger partial charge in [-0.25, -0.2) is 0 Å². The van der Waals surface area contributed by atoms with Crippen LogP contribution in [-0.2, 0) is 6.18 Å². The van der Waals surface area contributed by atoms with Crippen LogP contribution in [0.4, 0.5) is 18.9 Å². The van der Waals surface area contributed by atoms with Crippen LogP contribution in [0.2, 0.25) is 0 Å². The first-order valence-corrected chi connectivity index (χ1v) is 6.94. The maximum atomic E-state index is 12.7. The van der Waals surface area contributed by atoms with E-state index in [1.807, 2.05) is 0 Å². The van der Waals surface area contributed by atoms with Gasteiger partial charge >= 0.3 is 6.18 Å². The number of hydrogen-bond acceptors (Lipinski definition) is 1. The third-order valence-electron chi connectivity index (χ3n) is 3.98. The molecule has 0 amide bonds. The standard InChI is InChI=1S/C15H20F3N/c1-2-11-6-3-4-9-14(11)19-13-8-5-7-12(10-13)15(16,17)18/h5,7-8,10-11,14,19H,2-4,6,9H2,1H3. The lowest BCUT2D eigenvalue weighted by atomic mass is 9.83. The van der Waals surface area contributed by atoms with E-state index in [1.165, 1.54) is 25.0 Å². The average molecular weight is 271 g/mol. The lowest BCUT2D eigenvalue weighted by Crippen LogP contribution is -2.31. The van der Waals surface area contributed by atoms with Crippen LogP contribution in [-0.4, -0.2) is 6.04 Å². The van der Waals surface area contributed by atoms with E-state index in [0.29, 0.717) is 17.6 Å². The van der Waals surface area contributed by atoms with Gasteiger partial charge in [-0.2, -0.15) is 13.2 Å². The molecule has 0 aromatic heterocycles. The van der Waals surface area contributed by atoms with E-state index in [-0.39, 0.29) is 0 Å². The average Bonchev–Trinajstić information content (AvgIpc) is 2.39. The van der Waals surface area contributed by atoms with E-state index in [0.717, 1.165) is 25.3 Å². The van der Waals surface area contributed by atoms with Crippen molar-refractivity contribution in [2.75, 3.05) is 5.32 Å². The first-order valence-electron chi connectivity index (χ1n) is 6.94. The fraction of sp³-hybridized carbons (Fsp3) is 0.600. The molecule has 2 unspecified atom stereocenters. The summed E-state index contributed by atoms with van der Waals surface area (Å²) in [6.07, 6.45) is 1.43. The first kappa shape index (κ1) is 14.2. The van der Waals surface area contributed by atoms with E-state index < -0.39 is 11.7 Å². The monoisotopic (exact) mass is 271 g/mol. The zero-order valence-electron chi connectivity index (χ0n) is 11.1. The Kier molecular flexibility index (Phi) is 4.38. The minimum atomic E-state index is -4.27. The van der Waals surface area contributed by atoms with Gasteiger partial charge in [-0.05, 0) is 37.0 Å². The van der Waals surface area contributed by atoms with Gasteiger partial charge in [-0.3, -0.25) is 0 Å². The second-order valence-electron chi connectivity index (χ2n) is 5.28. The number of halogens is 3. The van der Waals surface area contributed by atoms with E-state index in [4.69, 9.17) is 0 Å². The highest BCUT2D eigenvalue weighted by atomic mass is 19.4. The van der Waals surface area contributed by atoms with Crippen molar-refractivity contribution in [1.82, 2.24) is 0 Å². The Balaban J connectivity index is 2.10. The van der Waals surface area contributed by atoms with Gasteiger partial charge in [0, 0.05) is 11.7 Å². The van der Waals surface area contributed by atoms with Crippen molar-refractivity contribution < 1.29 is 13.2 Å². The molecule has 0 spiro atoms. The molecule has 2 rings (SSSR count). The molecule has 0 heterocycles. The highest BCUT2D eigenvalue weighted by Gasteiger charge is 2.31. The predicted octanol–water partition coefficient (Wildman–Crippen LogP) is 5.09. The minimum absolute atomic E-state index is 0.308. The Morgan fingerprint density at radius 1 is 1.21 bits per heavy atom. The topological polar surface area (TPSA) is 12.0 Å². The van der Waals surface area contributed by atoms with E-state index in [2.05, 4.69) is 12.2 Å². The van der Waals surface area contributed by atoms with Crippen LogP contribution in [0, 0.1) is 5.92 Å². The highest BCUT2D eigenvalue weighted by molar-refractivity contribution is 5.47. The normalized spacial score (nSPS) is 24.2. The van der Waals surface area contributed by atoms with Crippen LogP contribution in [0.25, 0.3) is 0 Å². The van der Waals surface area contributed by atoms with Gasteiger partial charge in [0.05, 0.1) is 5.56 Å². The number of anilines is 1. The Morgan fingerprint density at radius 3 is 2.63 bits per heavy atom. The van der Waals surface area contributed by atoms with Crippen LogP contribution >= 0.6 is 0 Å². The van der Waals surface area contributed by atoms with Gasteiger partial charge in [-0.1, -0.05) is 32.3 Å². The molecule has 106 valence electrons. The number of rotatable bonds is 3. The maximum absolute atomic E-state index is 12.7. The molecular weight excluding hydrogens is 251 g/mol. The number of alkyl halides is 3. The summed E-state index contributed by atoms with van der Waals surface area (Å²) in [6.45, 7) is 2.15. The summed E-state index contributed by atoms with van der Waals surface area (Å²) in [5, 5.41) is 3.29. The summed E-state index contributed by atoms with van der Waals surface area (Å²) in [5.74, 6) is 0.572. The SMILES string of the molecule is CCC1CCCCC1Nc1cccc(C(F)(F)F)c1. The number of hydrogen-bond donors (Lipinski definition) is 1. The van der Waals surface area contributed by atoms with Crippen LogP contribution in [0.5, 0.6) is 0 Å². The Hall–Kier alpha value is -1.19. The smallest absolute Gasteiger partial charge is 0.382 e. The molecule has 1 aromatic rings. The van der Waals surface area contributed by atoms with Crippen LogP contribution < -0.4 is 5.32 Å². The van der Waals surface area contributed by atoms with Crippen LogP contribution in [0.1, 0.15) is 44.6 Å². The molecule has 1 N–H and O–H groups in total. The summed E-state index contributed by atoms with van der Waals surface area (Å²) in [5.41, 5.74) is 0.00142. The Labute approximate surface area is 112 Å². The third-order valence-corrected chi connectivity index (χ3v) is 3.98. The molecule has 0 bridgehead atoms. The van der Waals surface area contributed by atoms with Crippen molar-refractivity contribution in [3.63, 3.8) is 0 Å². The molecule has 1 nitrogen and oxygen atoms in total. The van der Waals surface area contributed by atoms with Gasteiger partial charge in [0.2, 0.25) is 0 Å². The van der Waals surface area contributed by atoms with Gasteiger partial charge in [0.15, 0.2) is 0 Å². The summed E-state index contributed by atoms with van der Waals surface area (Å²) in [7, 11) is 0. The quantitative estimate of drug-likeness (QED) is 0.807. The van der Waals surface area contributed by atoms with Crippen LogP contribution in [0.3, 0.4) is 0 Å². The van der Waals surface area contributed by atoms with Gasteiger partial charge in [0.25, 0.3) is 0 Å². The minimum Gasteiger partial charge on any atom is -0.382 e. The van der Waals surface area contributed by atoms with E-state index in [9.17, 15) is 13.2 Å². The highest BCUT2D eigenvalue weighted by Crippen LogP contribution is 2.33. The number of nitrogens with one attached hydrogen (secondary N) is 1. The molecule has 1 aromatic carbocycles. The lowest BCUT2D eigenvalue weighted by Gasteiger charge is -2.32. The van der Waals surface area contributed by atoms with Gasteiger partial charge < -0.3 is 5.32 Å². The molecule has 19 heavy (non-hydrogen) atoms. The fourth-order valence-electron chi connectivity index (χ4n) is 2.89. The molecule has 4 heteroatoms. The Bertz CT molecular complexity index is 414. The van der Waals surface area contributed by atoms with Crippen molar-refractivity contribution >= 4 is 5.69 Å². The Morgan fingerprint density at radius 2 is 1.95 bits per heavy atom. The van der Waals surface area contributed by atoms with Crippen molar-refractivity contribution in [2.45, 2.75) is 51.2 Å². The molecule has 1 fully saturated rings. The molecule has 0 saturated heterocycles. The van der Waals surface area contributed by atoms with Crippen molar-refractivity contribution in [2.24, 2.45) is 5.92 Å². The maximum Gasteiger partial charge on any atom is 0.416 e. The summed E-state index contributed by atoms with van der Waals surface area (Å²) >= 11 is 0. The fourth-order valence-corrected chi connectivity index (χ4v) is 2.89. The second kappa shape index (κ2) is 5.85. The van der Waals surface area contributed by atoms with E-state index >= 15 is 0 Å². The zero-order chi connectivity index (χ0) is 13.9. The van der Waals surface area contributed by atoms with Gasteiger partial charge in [-0.15, -0.1) is 0 Å². The number of benzene rings is 1. The zero-order valence-corrected chi connectivity index (χ0v) is 11.1. The largest absolute Gasteiger partial charge is 0.416 e. The molecule has 2 atom stereocenters. The van der Waals surface area contributed by atoms with Gasteiger partial charge in [0.1, 0.15) is 0 Å². The summed E-state index contributed by atoms with van der Waals surface area (Å²) in [6, 6.07) is 5.82. The molecule has 0 radical (unpaired) electrons. The van der Waals surface area contributed by atoms with Crippen LogP contribution in [0.15, 0.2) is 24.3 Å². The van der Waals surface area contributed by atoms with Crippen molar-refractivity contribution in [3.05, 3.63) is 29.8 Å². The molecule has 1 aliphatic carbocycles. The summed E-state index contributed by atoms with van der Waals surface area (Å²) in [4.78, 5) is 0. The second-order valence-corrected chi connectivity index (χ2v) is 5.28.